The first-order valence-electron chi connectivity index (χ1n) is 8.82. The molecule has 0 bridgehead atoms. The molecule has 1 aromatic carbocycles. The van der Waals surface area contributed by atoms with Gasteiger partial charge in [0.25, 0.3) is 0 Å². The van der Waals surface area contributed by atoms with Crippen LogP contribution in [0.2, 0.25) is 5.02 Å². The Hall–Kier alpha value is -1.67. The Bertz CT molecular complexity index is 916. The second-order valence-electron chi connectivity index (χ2n) is 6.66. The summed E-state index contributed by atoms with van der Waals surface area (Å²) in [7, 11) is 2.14. The Morgan fingerprint density at radius 1 is 1.27 bits per heavy atom. The van der Waals surface area contributed by atoms with Gasteiger partial charge >= 0.3 is 0 Å². The molecule has 4 rings (SSSR count). The maximum atomic E-state index is 10.9. The van der Waals surface area contributed by atoms with Crippen molar-refractivity contribution in [3.63, 3.8) is 0 Å². The van der Waals surface area contributed by atoms with E-state index in [4.69, 9.17) is 11.6 Å². The van der Waals surface area contributed by atoms with Gasteiger partial charge in [0.1, 0.15) is 0 Å². The van der Waals surface area contributed by atoms with Gasteiger partial charge in [0.2, 0.25) is 10.8 Å². The first kappa shape index (κ1) is 17.7. The highest BCUT2D eigenvalue weighted by atomic mass is 35.5. The van der Waals surface area contributed by atoms with Gasteiger partial charge in [0, 0.05) is 37.6 Å². The number of fused-ring (bicyclic) bond motifs is 1. The summed E-state index contributed by atoms with van der Waals surface area (Å²) in [5, 5.41) is 16.0. The third-order valence-corrected chi connectivity index (χ3v) is 6.18. The summed E-state index contributed by atoms with van der Waals surface area (Å²) in [5.41, 5.74) is 1.08. The lowest BCUT2D eigenvalue weighted by atomic mass is 10.0. The van der Waals surface area contributed by atoms with Crippen LogP contribution in [0.5, 0.6) is 5.88 Å². The predicted octanol–water partition coefficient (Wildman–Crippen LogP) is 3.05. The first-order chi connectivity index (χ1) is 12.6. The molecule has 0 saturated carbocycles. The molecular weight excluding hydrogens is 370 g/mol. The normalized spacial score (nSPS) is 17.8. The third-order valence-electron chi connectivity index (χ3n) is 4.88. The van der Waals surface area contributed by atoms with E-state index >= 15 is 0 Å². The molecule has 1 atom stereocenters. The van der Waals surface area contributed by atoms with Gasteiger partial charge in [-0.1, -0.05) is 42.0 Å². The van der Waals surface area contributed by atoms with Crippen molar-refractivity contribution in [3.05, 3.63) is 45.6 Å². The minimum absolute atomic E-state index is 0.0547. The summed E-state index contributed by atoms with van der Waals surface area (Å²) < 4.78 is 1.56. The van der Waals surface area contributed by atoms with Crippen molar-refractivity contribution in [2.45, 2.75) is 19.4 Å². The first-order valence-corrected chi connectivity index (χ1v) is 10.0. The number of halogens is 1. The molecule has 6 nitrogen and oxygen atoms in total. The van der Waals surface area contributed by atoms with E-state index in [1.807, 2.05) is 25.1 Å². The minimum atomic E-state index is -0.0547. The van der Waals surface area contributed by atoms with Crippen LogP contribution in [0.4, 0.5) is 0 Å². The zero-order valence-electron chi connectivity index (χ0n) is 14.9. The fraction of sp³-hybridized carbons (Fsp3) is 0.444. The fourth-order valence-corrected chi connectivity index (χ4v) is 4.74. The van der Waals surface area contributed by atoms with Crippen LogP contribution in [0, 0.1) is 0 Å². The number of hydrogen-bond acceptors (Lipinski definition) is 6. The molecule has 8 heteroatoms. The van der Waals surface area contributed by atoms with Gasteiger partial charge in [0.15, 0.2) is 5.82 Å². The van der Waals surface area contributed by atoms with Gasteiger partial charge in [-0.15, -0.1) is 5.10 Å². The van der Waals surface area contributed by atoms with E-state index in [9.17, 15) is 5.11 Å². The third kappa shape index (κ3) is 3.20. The monoisotopic (exact) mass is 391 g/mol. The number of benzene rings is 1. The number of thiazole rings is 1. The number of aryl methyl sites for hydroxylation is 1. The number of aromatic nitrogens is 3. The molecule has 3 aromatic rings. The van der Waals surface area contributed by atoms with Crippen LogP contribution in [0.25, 0.3) is 4.96 Å². The molecule has 2 aromatic heterocycles. The summed E-state index contributed by atoms with van der Waals surface area (Å²) in [4.78, 5) is 10.8. The Morgan fingerprint density at radius 2 is 2.04 bits per heavy atom. The van der Waals surface area contributed by atoms with Crippen LogP contribution < -0.4 is 0 Å². The summed E-state index contributed by atoms with van der Waals surface area (Å²) in [6.45, 7) is 5.87. The highest BCUT2D eigenvalue weighted by molar-refractivity contribution is 7.17. The lowest BCUT2D eigenvalue weighted by Gasteiger charge is -2.37. The van der Waals surface area contributed by atoms with E-state index in [1.165, 1.54) is 11.3 Å². The molecule has 1 saturated heterocycles. The summed E-state index contributed by atoms with van der Waals surface area (Å²) in [6, 6.07) is 7.84. The molecule has 0 amide bonds. The summed E-state index contributed by atoms with van der Waals surface area (Å²) >= 11 is 7.76. The van der Waals surface area contributed by atoms with Gasteiger partial charge < -0.3 is 10.0 Å². The van der Waals surface area contributed by atoms with Crippen LogP contribution in [0.15, 0.2) is 24.3 Å². The Balaban J connectivity index is 1.79. The topological polar surface area (TPSA) is 56.9 Å². The molecule has 0 radical (unpaired) electrons. The van der Waals surface area contributed by atoms with E-state index in [1.54, 1.807) is 4.52 Å². The maximum Gasteiger partial charge on any atom is 0.230 e. The van der Waals surface area contributed by atoms with Crippen LogP contribution in [0.3, 0.4) is 0 Å². The fourth-order valence-electron chi connectivity index (χ4n) is 3.40. The van der Waals surface area contributed by atoms with Crippen molar-refractivity contribution in [2.24, 2.45) is 0 Å². The van der Waals surface area contributed by atoms with Crippen molar-refractivity contribution in [2.75, 3.05) is 33.2 Å². The van der Waals surface area contributed by atoms with Crippen LogP contribution in [0.1, 0.15) is 29.2 Å². The second kappa shape index (κ2) is 7.15. The Morgan fingerprint density at radius 3 is 2.69 bits per heavy atom. The SMILES string of the molecule is CCc1nc2sc([C@H](c3cccc(Cl)c3)N3CCN(C)CC3)c(O)n2n1. The van der Waals surface area contributed by atoms with E-state index in [0.29, 0.717) is 5.02 Å². The average molecular weight is 392 g/mol. The van der Waals surface area contributed by atoms with E-state index in [0.717, 1.165) is 53.8 Å². The molecule has 1 N–H and O–H groups in total. The van der Waals surface area contributed by atoms with Gasteiger partial charge in [-0.2, -0.15) is 4.52 Å². The zero-order chi connectivity index (χ0) is 18.3. The summed E-state index contributed by atoms with van der Waals surface area (Å²) in [6.07, 6.45) is 0.749. The number of nitrogens with zero attached hydrogens (tertiary/aromatic N) is 5. The number of aromatic hydroxyl groups is 1. The van der Waals surface area contributed by atoms with Crippen molar-refractivity contribution in [1.29, 1.82) is 0 Å². The molecule has 1 aliphatic heterocycles. The smallest absolute Gasteiger partial charge is 0.230 e. The van der Waals surface area contributed by atoms with Gasteiger partial charge in [-0.25, -0.2) is 4.98 Å². The molecular formula is C18H22ClN5OS. The molecule has 26 heavy (non-hydrogen) atoms. The average Bonchev–Trinajstić information content (AvgIpc) is 3.17. The molecule has 1 fully saturated rings. The van der Waals surface area contributed by atoms with Crippen molar-refractivity contribution >= 4 is 27.9 Å². The molecule has 0 unspecified atom stereocenters. The Labute approximate surface area is 161 Å². The molecule has 138 valence electrons. The van der Waals surface area contributed by atoms with Gasteiger partial charge in [-0.05, 0) is 24.7 Å². The largest absolute Gasteiger partial charge is 0.492 e. The number of hydrogen-bond donors (Lipinski definition) is 1. The number of likely N-dealkylation sites (N-methyl/N-ethyl adjacent to an activating group) is 1. The Kier molecular flexibility index (Phi) is 4.88. The summed E-state index contributed by atoms with van der Waals surface area (Å²) in [5.74, 6) is 0.929. The second-order valence-corrected chi connectivity index (χ2v) is 8.11. The van der Waals surface area contributed by atoms with E-state index < -0.39 is 0 Å². The lowest BCUT2D eigenvalue weighted by molar-refractivity contribution is 0.127. The maximum absolute atomic E-state index is 10.9. The molecule has 0 spiro atoms. The van der Waals surface area contributed by atoms with Crippen LogP contribution >= 0.6 is 22.9 Å². The van der Waals surface area contributed by atoms with Crippen LogP contribution in [-0.4, -0.2) is 62.7 Å². The number of piperazine rings is 1. The van der Waals surface area contributed by atoms with E-state index in [2.05, 4.69) is 33.0 Å². The molecule has 3 heterocycles. The lowest BCUT2D eigenvalue weighted by Crippen LogP contribution is -2.46. The van der Waals surface area contributed by atoms with E-state index in [-0.39, 0.29) is 11.9 Å². The van der Waals surface area contributed by atoms with Gasteiger partial charge in [0.05, 0.1) is 10.9 Å². The highest BCUT2D eigenvalue weighted by Crippen LogP contribution is 2.40. The van der Waals surface area contributed by atoms with Crippen molar-refractivity contribution in [3.8, 4) is 5.88 Å². The molecule has 0 aliphatic carbocycles. The zero-order valence-corrected chi connectivity index (χ0v) is 16.5. The quantitative estimate of drug-likeness (QED) is 0.740. The standard InChI is InChI=1S/C18H22ClN5OS/c1-3-14-20-18-24(21-14)17(25)16(26-18)15(12-5-4-6-13(19)11-12)23-9-7-22(2)8-10-23/h4-6,11,15,25H,3,7-10H2,1-2H3/t15-/m0/s1. The van der Waals surface area contributed by atoms with Gasteiger partial charge in [-0.3, -0.25) is 4.90 Å². The van der Waals surface area contributed by atoms with Crippen LogP contribution in [-0.2, 0) is 6.42 Å². The van der Waals surface area contributed by atoms with Crippen molar-refractivity contribution < 1.29 is 5.11 Å². The number of rotatable bonds is 4. The predicted molar refractivity (Wildman–Crippen MR) is 104 cm³/mol. The minimum Gasteiger partial charge on any atom is -0.492 e. The highest BCUT2D eigenvalue weighted by Gasteiger charge is 2.31. The van der Waals surface area contributed by atoms with Crippen molar-refractivity contribution in [1.82, 2.24) is 24.4 Å². The molecule has 1 aliphatic rings.